The van der Waals surface area contributed by atoms with Crippen LogP contribution in [0.15, 0.2) is 30.3 Å². The summed E-state index contributed by atoms with van der Waals surface area (Å²) in [5.41, 5.74) is 1.17. The molecule has 2 fully saturated rings. The van der Waals surface area contributed by atoms with Crippen molar-refractivity contribution < 1.29 is 4.79 Å². The van der Waals surface area contributed by atoms with Crippen LogP contribution in [0.4, 0.5) is 4.79 Å². The van der Waals surface area contributed by atoms with Gasteiger partial charge in [-0.1, -0.05) is 30.3 Å². The van der Waals surface area contributed by atoms with Crippen LogP contribution in [-0.4, -0.2) is 48.1 Å². The summed E-state index contributed by atoms with van der Waals surface area (Å²) in [6, 6.07) is 11.8. The maximum absolute atomic E-state index is 12.3. The van der Waals surface area contributed by atoms with Gasteiger partial charge in [0.05, 0.1) is 0 Å². The normalized spacial score (nSPS) is 28.4. The first-order valence-electron chi connectivity index (χ1n) is 7.91. The summed E-state index contributed by atoms with van der Waals surface area (Å²) in [5.74, 6) is 0. The van der Waals surface area contributed by atoms with E-state index in [1.807, 2.05) is 25.2 Å². The Kier molecular flexibility index (Phi) is 4.15. The van der Waals surface area contributed by atoms with Crippen LogP contribution in [0.25, 0.3) is 0 Å². The van der Waals surface area contributed by atoms with Crippen LogP contribution >= 0.6 is 0 Å². The van der Waals surface area contributed by atoms with E-state index in [0.717, 1.165) is 12.8 Å². The molecular weight excluding hydrogens is 262 g/mol. The molecule has 2 aliphatic rings. The Balaban J connectivity index is 1.52. The molecule has 0 spiro atoms. The maximum Gasteiger partial charge on any atom is 0.317 e. The molecule has 114 valence electrons. The van der Waals surface area contributed by atoms with Crippen molar-refractivity contribution >= 4 is 6.03 Å². The highest BCUT2D eigenvalue weighted by Crippen LogP contribution is 2.34. The van der Waals surface area contributed by atoms with Crippen LogP contribution in [0.1, 0.15) is 31.2 Å². The zero-order chi connectivity index (χ0) is 14.8. The third-order valence-electron chi connectivity index (χ3n) is 5.04. The van der Waals surface area contributed by atoms with Gasteiger partial charge in [0.2, 0.25) is 0 Å². The summed E-state index contributed by atoms with van der Waals surface area (Å²) in [5, 5.41) is 3.22. The van der Waals surface area contributed by atoms with E-state index in [0.29, 0.717) is 24.7 Å². The molecule has 4 nitrogen and oxygen atoms in total. The van der Waals surface area contributed by atoms with Gasteiger partial charge in [-0.3, -0.25) is 0 Å². The van der Waals surface area contributed by atoms with Crippen molar-refractivity contribution in [2.45, 2.75) is 50.4 Å². The number of nitrogens with zero attached hydrogens (tertiary/aromatic N) is 2. The number of rotatable bonds is 3. The molecule has 1 unspecified atom stereocenters. The van der Waals surface area contributed by atoms with E-state index >= 15 is 0 Å². The van der Waals surface area contributed by atoms with Gasteiger partial charge in [0, 0.05) is 31.7 Å². The number of carbonyl (C=O) groups excluding carboxylic acids is 1. The van der Waals surface area contributed by atoms with Crippen molar-refractivity contribution in [2.75, 3.05) is 14.1 Å². The average Bonchev–Trinajstić information content (AvgIpc) is 2.71. The first kappa shape index (κ1) is 14.4. The van der Waals surface area contributed by atoms with Crippen LogP contribution in [0.3, 0.4) is 0 Å². The standard InChI is InChI=1S/C17H25N3O/c1-19(12-13-6-4-3-5-7-13)17(21)18-14-10-15-8-9-16(11-14)20(15)2/h3-7,14-16H,8-12H2,1-2H3,(H,18,21)/t14?,15-,16+. The number of amides is 2. The second-order valence-electron chi connectivity index (χ2n) is 6.51. The zero-order valence-corrected chi connectivity index (χ0v) is 13.0. The summed E-state index contributed by atoms with van der Waals surface area (Å²) in [6.45, 7) is 0.659. The molecule has 0 aromatic heterocycles. The molecule has 0 saturated carbocycles. The lowest BCUT2D eigenvalue weighted by Crippen LogP contribution is -2.51. The van der Waals surface area contributed by atoms with Crippen molar-refractivity contribution in [1.29, 1.82) is 0 Å². The first-order chi connectivity index (χ1) is 10.1. The molecule has 0 radical (unpaired) electrons. The van der Waals surface area contributed by atoms with Crippen LogP contribution < -0.4 is 5.32 Å². The van der Waals surface area contributed by atoms with E-state index in [2.05, 4.69) is 29.4 Å². The number of piperidine rings is 1. The molecular formula is C17H25N3O. The van der Waals surface area contributed by atoms with Gasteiger partial charge in [0.15, 0.2) is 0 Å². The van der Waals surface area contributed by atoms with Crippen LogP contribution in [0.2, 0.25) is 0 Å². The Morgan fingerprint density at radius 3 is 2.48 bits per heavy atom. The maximum atomic E-state index is 12.3. The molecule has 2 aliphatic heterocycles. The minimum absolute atomic E-state index is 0.0489. The van der Waals surface area contributed by atoms with Gasteiger partial charge in [-0.15, -0.1) is 0 Å². The number of hydrogen-bond acceptors (Lipinski definition) is 2. The minimum atomic E-state index is 0.0489. The second kappa shape index (κ2) is 6.06. The highest BCUT2D eigenvalue weighted by Gasteiger charge is 2.38. The molecule has 2 heterocycles. The summed E-state index contributed by atoms with van der Waals surface area (Å²) in [7, 11) is 4.09. The first-order valence-corrected chi connectivity index (χ1v) is 7.91. The monoisotopic (exact) mass is 287 g/mol. The fourth-order valence-electron chi connectivity index (χ4n) is 3.74. The van der Waals surface area contributed by atoms with Gasteiger partial charge in [-0.05, 0) is 38.3 Å². The van der Waals surface area contributed by atoms with Crippen LogP contribution in [0, 0.1) is 0 Å². The molecule has 1 N–H and O–H groups in total. The highest BCUT2D eigenvalue weighted by atomic mass is 16.2. The van der Waals surface area contributed by atoms with Crippen LogP contribution in [0.5, 0.6) is 0 Å². The summed E-state index contributed by atoms with van der Waals surface area (Å²) >= 11 is 0. The molecule has 2 amide bonds. The number of fused-ring (bicyclic) bond motifs is 2. The third kappa shape index (κ3) is 3.21. The van der Waals surface area contributed by atoms with Gasteiger partial charge in [-0.25, -0.2) is 4.79 Å². The lowest BCUT2D eigenvalue weighted by molar-refractivity contribution is 0.143. The molecule has 21 heavy (non-hydrogen) atoms. The van der Waals surface area contributed by atoms with E-state index in [4.69, 9.17) is 0 Å². The molecule has 3 rings (SSSR count). The van der Waals surface area contributed by atoms with Crippen molar-refractivity contribution in [2.24, 2.45) is 0 Å². The lowest BCUT2D eigenvalue weighted by Gasteiger charge is -2.37. The molecule has 0 aliphatic carbocycles. The number of urea groups is 1. The lowest BCUT2D eigenvalue weighted by atomic mass is 9.98. The van der Waals surface area contributed by atoms with Gasteiger partial charge in [-0.2, -0.15) is 0 Å². The average molecular weight is 287 g/mol. The quantitative estimate of drug-likeness (QED) is 0.927. The van der Waals surface area contributed by atoms with Gasteiger partial charge < -0.3 is 15.1 Å². The van der Waals surface area contributed by atoms with Crippen molar-refractivity contribution in [1.82, 2.24) is 15.1 Å². The summed E-state index contributed by atoms with van der Waals surface area (Å²) in [6.07, 6.45) is 4.76. The molecule has 4 heteroatoms. The number of carbonyl (C=O) groups is 1. The third-order valence-corrected chi connectivity index (χ3v) is 5.04. The summed E-state index contributed by atoms with van der Waals surface area (Å²) < 4.78 is 0. The van der Waals surface area contributed by atoms with E-state index < -0.39 is 0 Å². The largest absolute Gasteiger partial charge is 0.335 e. The second-order valence-corrected chi connectivity index (χ2v) is 6.51. The van der Waals surface area contributed by atoms with Crippen LogP contribution in [-0.2, 0) is 6.54 Å². The molecule has 3 atom stereocenters. The Hall–Kier alpha value is -1.55. The molecule has 1 aromatic rings. The predicted octanol–water partition coefficient (Wildman–Crippen LogP) is 2.45. The number of hydrogen-bond donors (Lipinski definition) is 1. The Morgan fingerprint density at radius 1 is 1.24 bits per heavy atom. The fourth-order valence-corrected chi connectivity index (χ4v) is 3.74. The van der Waals surface area contributed by atoms with E-state index in [-0.39, 0.29) is 6.03 Å². The van der Waals surface area contributed by atoms with Crippen molar-refractivity contribution in [3.8, 4) is 0 Å². The topological polar surface area (TPSA) is 35.6 Å². The Bertz CT molecular complexity index is 476. The highest BCUT2D eigenvalue weighted by molar-refractivity contribution is 5.74. The van der Waals surface area contributed by atoms with Crippen molar-refractivity contribution in [3.05, 3.63) is 35.9 Å². The van der Waals surface area contributed by atoms with Gasteiger partial charge >= 0.3 is 6.03 Å². The SMILES string of the molecule is CN(Cc1ccccc1)C(=O)NC1C[C@H]2CC[C@@H](C1)N2C. The predicted molar refractivity (Wildman–Crippen MR) is 84.0 cm³/mol. The smallest absolute Gasteiger partial charge is 0.317 e. The van der Waals surface area contributed by atoms with E-state index in [9.17, 15) is 4.79 Å². The van der Waals surface area contributed by atoms with Gasteiger partial charge in [0.1, 0.15) is 0 Å². The van der Waals surface area contributed by atoms with E-state index in [1.165, 1.54) is 18.4 Å². The Labute approximate surface area is 127 Å². The van der Waals surface area contributed by atoms with E-state index in [1.54, 1.807) is 4.90 Å². The molecule has 1 aromatic carbocycles. The van der Waals surface area contributed by atoms with Gasteiger partial charge in [0.25, 0.3) is 0 Å². The van der Waals surface area contributed by atoms with Crippen molar-refractivity contribution in [3.63, 3.8) is 0 Å². The zero-order valence-electron chi connectivity index (χ0n) is 13.0. The molecule has 2 bridgehead atoms. The Morgan fingerprint density at radius 2 is 1.86 bits per heavy atom. The number of nitrogens with one attached hydrogen (secondary N) is 1. The summed E-state index contributed by atoms with van der Waals surface area (Å²) in [4.78, 5) is 16.6. The fraction of sp³-hybridized carbons (Fsp3) is 0.588. The molecule has 2 saturated heterocycles. The number of benzene rings is 1. The minimum Gasteiger partial charge on any atom is -0.335 e.